The number of para-hydroxylation sites is 1. The first kappa shape index (κ1) is 23.3. The third kappa shape index (κ3) is 5.79. The number of amides is 1. The number of aromatic nitrogens is 4. The fraction of sp³-hybridized carbons (Fsp3) is 0.0769. The predicted molar refractivity (Wildman–Crippen MR) is 143 cm³/mol. The summed E-state index contributed by atoms with van der Waals surface area (Å²) in [7, 11) is 0. The minimum Gasteiger partial charge on any atom is -0.301 e. The van der Waals surface area contributed by atoms with Crippen LogP contribution in [0, 0.1) is 0 Å². The molecular weight excluding hydrogens is 498 g/mol. The van der Waals surface area contributed by atoms with Crippen molar-refractivity contribution < 1.29 is 4.79 Å². The van der Waals surface area contributed by atoms with E-state index >= 15 is 0 Å². The number of thioether (sulfide) groups is 1. The zero-order chi connectivity index (χ0) is 24.0. The number of benzene rings is 3. The van der Waals surface area contributed by atoms with Crippen molar-refractivity contribution >= 4 is 45.7 Å². The average Bonchev–Trinajstić information content (AvgIpc) is 3.50. The molecule has 0 fully saturated rings. The molecule has 0 unspecified atom stereocenters. The van der Waals surface area contributed by atoms with Crippen LogP contribution in [0.3, 0.4) is 0 Å². The van der Waals surface area contributed by atoms with Crippen molar-refractivity contribution in [1.82, 2.24) is 19.7 Å². The van der Waals surface area contributed by atoms with Crippen molar-refractivity contribution in [2.75, 3.05) is 11.1 Å². The summed E-state index contributed by atoms with van der Waals surface area (Å²) in [5.41, 5.74) is 2.99. The Morgan fingerprint density at radius 2 is 1.74 bits per heavy atom. The maximum atomic E-state index is 12.7. The second-order valence-electron chi connectivity index (χ2n) is 7.62. The van der Waals surface area contributed by atoms with Gasteiger partial charge in [-0.3, -0.25) is 9.36 Å². The first-order chi connectivity index (χ1) is 17.2. The molecule has 6 nitrogen and oxygen atoms in total. The summed E-state index contributed by atoms with van der Waals surface area (Å²) in [6.07, 6.45) is 2.50. The van der Waals surface area contributed by atoms with Crippen LogP contribution >= 0.6 is 34.7 Å². The van der Waals surface area contributed by atoms with Gasteiger partial charge >= 0.3 is 0 Å². The molecule has 0 aliphatic rings. The molecule has 9 heteroatoms. The number of hydrogen-bond donors (Lipinski definition) is 1. The molecule has 0 saturated heterocycles. The van der Waals surface area contributed by atoms with Crippen LogP contribution in [0.2, 0.25) is 5.02 Å². The highest BCUT2D eigenvalue weighted by Crippen LogP contribution is 2.28. The van der Waals surface area contributed by atoms with E-state index in [0.29, 0.717) is 21.7 Å². The van der Waals surface area contributed by atoms with E-state index in [-0.39, 0.29) is 11.7 Å². The molecule has 2 aromatic heterocycles. The molecule has 0 aliphatic heterocycles. The van der Waals surface area contributed by atoms with Crippen molar-refractivity contribution in [3.05, 3.63) is 107 Å². The van der Waals surface area contributed by atoms with Crippen LogP contribution in [0.5, 0.6) is 0 Å². The van der Waals surface area contributed by atoms with E-state index < -0.39 is 0 Å². The normalized spacial score (nSPS) is 10.9. The summed E-state index contributed by atoms with van der Waals surface area (Å²) in [5.74, 6) is 0.760. The van der Waals surface area contributed by atoms with Gasteiger partial charge in [-0.25, -0.2) is 4.98 Å². The molecule has 174 valence electrons. The van der Waals surface area contributed by atoms with Crippen molar-refractivity contribution in [2.45, 2.75) is 11.6 Å². The van der Waals surface area contributed by atoms with E-state index in [9.17, 15) is 4.79 Å². The summed E-state index contributed by atoms with van der Waals surface area (Å²) in [6.45, 7) is 0. The van der Waals surface area contributed by atoms with Gasteiger partial charge in [-0.15, -0.1) is 21.5 Å². The highest BCUT2D eigenvalue weighted by atomic mass is 35.5. The zero-order valence-corrected chi connectivity index (χ0v) is 20.9. The first-order valence-corrected chi connectivity index (χ1v) is 13.0. The monoisotopic (exact) mass is 517 g/mol. The summed E-state index contributed by atoms with van der Waals surface area (Å²) in [6, 6.07) is 27.5. The lowest BCUT2D eigenvalue weighted by molar-refractivity contribution is -0.113. The number of thiazole rings is 1. The number of halogens is 1. The Balaban J connectivity index is 1.27. The Labute approximate surface area is 216 Å². The van der Waals surface area contributed by atoms with Crippen LogP contribution in [0.4, 0.5) is 5.13 Å². The van der Waals surface area contributed by atoms with E-state index in [2.05, 4.69) is 20.5 Å². The molecule has 5 rings (SSSR count). The minimum absolute atomic E-state index is 0.150. The van der Waals surface area contributed by atoms with Crippen molar-refractivity contribution in [3.8, 4) is 17.1 Å². The van der Waals surface area contributed by atoms with Crippen molar-refractivity contribution in [1.29, 1.82) is 0 Å². The molecule has 0 atom stereocenters. The number of nitrogens with zero attached hydrogens (tertiary/aromatic N) is 4. The Morgan fingerprint density at radius 1 is 0.971 bits per heavy atom. The van der Waals surface area contributed by atoms with Gasteiger partial charge in [0.25, 0.3) is 0 Å². The standard InChI is InChI=1S/C26H20ClN5OS2/c27-20-11-7-8-18(14-20)15-22-16-28-25(35-22)29-23(33)17-34-26-31-30-24(19-9-3-1-4-10-19)32(26)21-12-5-2-6-13-21/h1-14,16H,15,17H2,(H,28,29,33). The lowest BCUT2D eigenvalue weighted by Crippen LogP contribution is -2.14. The molecule has 0 radical (unpaired) electrons. The molecule has 0 aliphatic carbocycles. The molecule has 0 bridgehead atoms. The van der Waals surface area contributed by atoms with Crippen LogP contribution < -0.4 is 5.32 Å². The maximum Gasteiger partial charge on any atom is 0.236 e. The number of carbonyl (C=O) groups excluding carboxylic acids is 1. The van der Waals surface area contributed by atoms with Gasteiger partial charge in [0.15, 0.2) is 16.1 Å². The quantitative estimate of drug-likeness (QED) is 0.242. The zero-order valence-electron chi connectivity index (χ0n) is 18.5. The molecule has 1 amide bonds. The Morgan fingerprint density at radius 3 is 2.51 bits per heavy atom. The molecule has 0 saturated carbocycles. The summed E-state index contributed by atoms with van der Waals surface area (Å²) < 4.78 is 1.97. The second kappa shape index (κ2) is 10.9. The van der Waals surface area contributed by atoms with E-state index in [1.165, 1.54) is 23.1 Å². The molecule has 2 heterocycles. The number of anilines is 1. The van der Waals surface area contributed by atoms with Crippen LogP contribution in [-0.4, -0.2) is 31.4 Å². The molecule has 3 aromatic carbocycles. The third-order valence-corrected chi connectivity index (χ3v) is 7.16. The van der Waals surface area contributed by atoms with E-state index in [1.807, 2.05) is 89.5 Å². The molecule has 5 aromatic rings. The summed E-state index contributed by atoms with van der Waals surface area (Å²) in [5, 5.41) is 13.6. The van der Waals surface area contributed by atoms with Gasteiger partial charge in [-0.2, -0.15) is 0 Å². The Hall–Kier alpha value is -3.46. The second-order valence-corrected chi connectivity index (χ2v) is 10.1. The van der Waals surface area contributed by atoms with Gasteiger partial charge in [0.1, 0.15) is 0 Å². The van der Waals surface area contributed by atoms with Crippen LogP contribution in [-0.2, 0) is 11.2 Å². The van der Waals surface area contributed by atoms with Gasteiger partial charge in [0, 0.05) is 33.8 Å². The van der Waals surface area contributed by atoms with E-state index in [1.54, 1.807) is 6.20 Å². The highest BCUT2D eigenvalue weighted by Gasteiger charge is 2.17. The fourth-order valence-electron chi connectivity index (χ4n) is 3.53. The highest BCUT2D eigenvalue weighted by molar-refractivity contribution is 7.99. The van der Waals surface area contributed by atoms with Gasteiger partial charge in [0.2, 0.25) is 5.91 Å². The topological polar surface area (TPSA) is 72.7 Å². The lowest BCUT2D eigenvalue weighted by Gasteiger charge is -2.10. The molecule has 35 heavy (non-hydrogen) atoms. The smallest absolute Gasteiger partial charge is 0.236 e. The van der Waals surface area contributed by atoms with Gasteiger partial charge < -0.3 is 5.32 Å². The van der Waals surface area contributed by atoms with Gasteiger partial charge in [-0.1, -0.05) is 84.0 Å². The Bertz CT molecular complexity index is 1440. The predicted octanol–water partition coefficient (Wildman–Crippen LogP) is 6.37. The first-order valence-electron chi connectivity index (χ1n) is 10.8. The fourth-order valence-corrected chi connectivity index (χ4v) is 5.36. The summed E-state index contributed by atoms with van der Waals surface area (Å²) >= 11 is 8.87. The van der Waals surface area contributed by atoms with E-state index in [0.717, 1.165) is 27.5 Å². The number of carbonyl (C=O) groups is 1. The van der Waals surface area contributed by atoms with Gasteiger partial charge in [0.05, 0.1) is 5.75 Å². The average molecular weight is 518 g/mol. The van der Waals surface area contributed by atoms with Gasteiger partial charge in [-0.05, 0) is 29.8 Å². The minimum atomic E-state index is -0.150. The summed E-state index contributed by atoms with van der Waals surface area (Å²) in [4.78, 5) is 18.1. The SMILES string of the molecule is O=C(CSc1nnc(-c2ccccc2)n1-c1ccccc1)Nc1ncc(Cc2cccc(Cl)c2)s1. The van der Waals surface area contributed by atoms with Crippen LogP contribution in [0.25, 0.3) is 17.1 Å². The van der Waals surface area contributed by atoms with Crippen molar-refractivity contribution in [2.24, 2.45) is 0 Å². The Kier molecular flexibility index (Phi) is 7.23. The number of rotatable bonds is 8. The van der Waals surface area contributed by atoms with Crippen LogP contribution in [0.15, 0.2) is 96.3 Å². The molecule has 1 N–H and O–H groups in total. The number of hydrogen-bond acceptors (Lipinski definition) is 6. The van der Waals surface area contributed by atoms with Crippen LogP contribution in [0.1, 0.15) is 10.4 Å². The lowest BCUT2D eigenvalue weighted by atomic mass is 10.1. The maximum absolute atomic E-state index is 12.7. The largest absolute Gasteiger partial charge is 0.301 e. The van der Waals surface area contributed by atoms with E-state index in [4.69, 9.17) is 11.6 Å². The molecular formula is C26H20ClN5OS2. The number of nitrogens with one attached hydrogen (secondary N) is 1. The molecule has 0 spiro atoms. The van der Waals surface area contributed by atoms with Crippen molar-refractivity contribution in [3.63, 3.8) is 0 Å². The third-order valence-electron chi connectivity index (χ3n) is 5.08.